The maximum Gasteiger partial charge on any atom is 0.329 e. The molecule has 0 spiro atoms. The van der Waals surface area contributed by atoms with Gasteiger partial charge < -0.3 is 35.0 Å². The van der Waals surface area contributed by atoms with Crippen molar-refractivity contribution in [1.29, 1.82) is 0 Å². The fourth-order valence-electron chi connectivity index (χ4n) is 11.9. The molecule has 4 aliphatic heterocycles. The Morgan fingerprint density at radius 1 is 0.972 bits per heavy atom. The SMILES string of the molecule is CNC(=O)c1ccc(OCCO)c(F)c1-c1c(Cl)c(F)cc2c1[C@H](C)[C@@](CNC1CCC(C(=O)N3CC(CN4CCC(c5ccc6c(N7CCC(=O)NC7=O)nn(C)c6c5)CC4)C3)CC1)(c1ccccc1)O2. The van der Waals surface area contributed by atoms with Gasteiger partial charge in [-0.15, -0.1) is 0 Å². The van der Waals surface area contributed by atoms with E-state index < -0.39 is 35.1 Å². The van der Waals surface area contributed by atoms with Crippen LogP contribution in [0.5, 0.6) is 11.5 Å². The Hall–Kier alpha value is -6.14. The van der Waals surface area contributed by atoms with Crippen LogP contribution in [0.1, 0.15) is 90.8 Å². The Morgan fingerprint density at radius 3 is 2.43 bits per heavy atom. The van der Waals surface area contributed by atoms with E-state index in [9.17, 15) is 24.3 Å². The van der Waals surface area contributed by atoms with Gasteiger partial charge in [0.1, 0.15) is 18.2 Å². The van der Waals surface area contributed by atoms with Crippen molar-refractivity contribution in [1.82, 2.24) is 35.5 Å². The largest absolute Gasteiger partial charge is 0.488 e. The highest BCUT2D eigenvalue weighted by Gasteiger charge is 2.50. The second-order valence-electron chi connectivity index (χ2n) is 20.1. The first kappa shape index (κ1) is 49.4. The number of imide groups is 1. The van der Waals surface area contributed by atoms with Crippen molar-refractivity contribution >= 4 is 52.1 Å². The summed E-state index contributed by atoms with van der Waals surface area (Å²) in [6, 6.07) is 19.6. The number of fused-ring (bicyclic) bond motifs is 2. The summed E-state index contributed by atoms with van der Waals surface area (Å²) in [5.41, 5.74) is 2.11. The van der Waals surface area contributed by atoms with Crippen LogP contribution in [0.25, 0.3) is 22.0 Å². The topological polar surface area (TPSA) is 171 Å². The molecule has 15 nitrogen and oxygen atoms in total. The molecule has 0 radical (unpaired) electrons. The van der Waals surface area contributed by atoms with E-state index in [0.29, 0.717) is 36.3 Å². The van der Waals surface area contributed by atoms with Gasteiger partial charge in [-0.3, -0.25) is 29.3 Å². The fourth-order valence-corrected chi connectivity index (χ4v) is 12.1. The predicted octanol–water partition coefficient (Wildman–Crippen LogP) is 7.23. The number of likely N-dealkylation sites (tertiary alicyclic amines) is 2. The van der Waals surface area contributed by atoms with Crippen LogP contribution in [0.4, 0.5) is 19.4 Å². The van der Waals surface area contributed by atoms with Gasteiger partial charge in [-0.1, -0.05) is 54.9 Å². The molecule has 380 valence electrons. The summed E-state index contributed by atoms with van der Waals surface area (Å²) >= 11 is 6.78. The summed E-state index contributed by atoms with van der Waals surface area (Å²) in [5, 5.41) is 23.3. The van der Waals surface area contributed by atoms with E-state index in [1.807, 2.05) is 60.0 Å². The van der Waals surface area contributed by atoms with Crippen molar-refractivity contribution in [2.24, 2.45) is 18.9 Å². The molecular formula is C54H61ClF2N8O7. The summed E-state index contributed by atoms with van der Waals surface area (Å²) < 4.78 is 46.7. The number of carbonyl (C=O) groups excluding carboxylic acids is 4. The van der Waals surface area contributed by atoms with Gasteiger partial charge in [-0.2, -0.15) is 5.10 Å². The predicted molar refractivity (Wildman–Crippen MR) is 268 cm³/mol. The third-order valence-electron chi connectivity index (χ3n) is 15.8. The lowest BCUT2D eigenvalue weighted by Gasteiger charge is -2.45. The van der Waals surface area contributed by atoms with E-state index in [2.05, 4.69) is 38.1 Å². The highest BCUT2D eigenvalue weighted by molar-refractivity contribution is 6.34. The molecule has 4 aromatic carbocycles. The molecule has 5 aliphatic rings. The first-order valence-electron chi connectivity index (χ1n) is 25.2. The van der Waals surface area contributed by atoms with Gasteiger partial charge in [0, 0.05) is 105 Å². The average molecular weight is 1010 g/mol. The normalized spacial score (nSPS) is 22.9. The lowest BCUT2D eigenvalue weighted by Crippen LogP contribution is -2.56. The molecule has 10 rings (SSSR count). The van der Waals surface area contributed by atoms with E-state index in [-0.39, 0.29) is 76.6 Å². The Bertz CT molecular complexity index is 2900. The smallest absolute Gasteiger partial charge is 0.329 e. The van der Waals surface area contributed by atoms with Gasteiger partial charge in [-0.05, 0) is 92.9 Å². The first-order valence-corrected chi connectivity index (χ1v) is 25.5. The summed E-state index contributed by atoms with van der Waals surface area (Å²) in [6.45, 7) is 6.49. The van der Waals surface area contributed by atoms with Gasteiger partial charge in [0.05, 0.1) is 22.7 Å². The van der Waals surface area contributed by atoms with Gasteiger partial charge in [0.2, 0.25) is 11.8 Å². The Balaban J connectivity index is 0.743. The number of hydrogen-bond acceptors (Lipinski definition) is 10. The van der Waals surface area contributed by atoms with Gasteiger partial charge in [0.25, 0.3) is 5.91 Å². The number of urea groups is 1. The standard InChI is InChI=1S/C54H61ClF2N8O7/c1-31-45-43(26-40(56)48(55)47(45)46-39(51(68)58-2)15-16-42(49(46)57)71-24-23-66)72-54(31,36-7-5-4-6-8-36)30-59-37-12-9-34(10-13-37)52(69)64-28-32(29-64)27-63-20-17-33(18-21-63)35-11-14-38-41(25-35)62(3)61-50(38)65-22-19-44(67)60-53(65)70/h4-8,11,14-16,25-26,31-34,37,59,66H,9-10,12-13,17-24,27-30H2,1-3H3,(H,58,68)(H,60,67,70)/t31-,34?,37?,54-/m0/s1. The quantitative estimate of drug-likeness (QED) is 0.0891. The molecule has 5 aromatic rings. The van der Waals surface area contributed by atoms with E-state index in [4.69, 9.17) is 21.1 Å². The molecule has 1 aromatic heterocycles. The number of amides is 5. The number of aryl methyl sites for hydroxylation is 1. The van der Waals surface area contributed by atoms with Gasteiger partial charge >= 0.3 is 6.03 Å². The maximum atomic E-state index is 16.6. The third-order valence-corrected chi connectivity index (χ3v) is 16.2. The van der Waals surface area contributed by atoms with Crippen LogP contribution in [-0.4, -0.2) is 121 Å². The number of halogens is 3. The lowest BCUT2D eigenvalue weighted by molar-refractivity contribution is -0.143. The van der Waals surface area contributed by atoms with Crippen LogP contribution >= 0.6 is 11.6 Å². The molecule has 1 aliphatic carbocycles. The maximum absolute atomic E-state index is 16.6. The Labute approximate surface area is 422 Å². The lowest BCUT2D eigenvalue weighted by atomic mass is 9.77. The number of benzene rings is 4. The van der Waals surface area contributed by atoms with Crippen molar-refractivity contribution < 1.29 is 42.5 Å². The number of aromatic nitrogens is 2. The molecule has 5 amide bonds. The van der Waals surface area contributed by atoms with Gasteiger partial charge in [0.15, 0.2) is 23.0 Å². The number of ether oxygens (including phenoxy) is 2. The van der Waals surface area contributed by atoms with Crippen LogP contribution in [0.2, 0.25) is 5.02 Å². The highest BCUT2D eigenvalue weighted by atomic mass is 35.5. The molecule has 4 fully saturated rings. The number of anilines is 1. The van der Waals surface area contributed by atoms with Crippen LogP contribution in [-0.2, 0) is 22.2 Å². The van der Waals surface area contributed by atoms with Crippen molar-refractivity contribution in [3.63, 3.8) is 0 Å². The highest BCUT2D eigenvalue weighted by Crippen LogP contribution is 2.56. The van der Waals surface area contributed by atoms with Crippen LogP contribution in [0.3, 0.4) is 0 Å². The average Bonchev–Trinajstić information content (AvgIpc) is 3.86. The summed E-state index contributed by atoms with van der Waals surface area (Å²) in [4.78, 5) is 57.5. The zero-order valence-corrected chi connectivity index (χ0v) is 41.6. The molecule has 72 heavy (non-hydrogen) atoms. The zero-order chi connectivity index (χ0) is 50.4. The van der Waals surface area contributed by atoms with Crippen LogP contribution in [0.15, 0.2) is 66.7 Å². The fraction of sp³-hybridized carbons (Fsp3) is 0.463. The molecule has 0 bridgehead atoms. The van der Waals surface area contributed by atoms with E-state index in [0.717, 1.165) is 87.7 Å². The number of aliphatic hydroxyl groups is 1. The third kappa shape index (κ3) is 9.17. The second kappa shape index (κ2) is 20.4. The number of aliphatic hydroxyl groups excluding tert-OH is 1. The molecule has 0 unspecified atom stereocenters. The monoisotopic (exact) mass is 1010 g/mol. The summed E-state index contributed by atoms with van der Waals surface area (Å²) in [7, 11) is 3.30. The minimum Gasteiger partial charge on any atom is -0.488 e. The minimum atomic E-state index is -1.09. The molecule has 4 N–H and O–H groups in total. The Morgan fingerprint density at radius 2 is 1.72 bits per heavy atom. The molecular weight excluding hydrogens is 946 g/mol. The Kier molecular flexibility index (Phi) is 14.0. The number of piperidine rings is 1. The number of hydrogen-bond donors (Lipinski definition) is 4. The molecule has 2 atom stereocenters. The van der Waals surface area contributed by atoms with E-state index in [1.165, 1.54) is 35.7 Å². The number of rotatable bonds is 14. The number of carbonyl (C=O) groups is 4. The van der Waals surface area contributed by atoms with Crippen molar-refractivity contribution in [2.45, 2.75) is 75.3 Å². The minimum absolute atomic E-state index is 0.000951. The van der Waals surface area contributed by atoms with Crippen molar-refractivity contribution in [2.75, 3.05) is 71.0 Å². The number of nitrogens with zero attached hydrogens (tertiary/aromatic N) is 5. The van der Waals surface area contributed by atoms with Crippen molar-refractivity contribution in [3.05, 3.63) is 106 Å². The zero-order valence-electron chi connectivity index (χ0n) is 40.8. The van der Waals surface area contributed by atoms with Crippen LogP contribution < -0.4 is 30.3 Å². The molecule has 1 saturated carbocycles. The molecule has 18 heteroatoms. The molecule has 3 saturated heterocycles. The molecule has 5 heterocycles. The number of nitrogens with one attached hydrogen (secondary N) is 3. The first-order chi connectivity index (χ1) is 34.8. The summed E-state index contributed by atoms with van der Waals surface area (Å²) in [5.74, 6) is -1.58. The summed E-state index contributed by atoms with van der Waals surface area (Å²) in [6.07, 6.45) is 5.39. The van der Waals surface area contributed by atoms with Crippen molar-refractivity contribution in [3.8, 4) is 22.6 Å². The second-order valence-corrected chi connectivity index (χ2v) is 20.5. The van der Waals surface area contributed by atoms with Crippen LogP contribution in [0, 0.1) is 23.5 Å². The van der Waals surface area contributed by atoms with E-state index >= 15 is 8.78 Å². The van der Waals surface area contributed by atoms with E-state index in [1.54, 1.807) is 0 Å². The van der Waals surface area contributed by atoms with Gasteiger partial charge in [-0.25, -0.2) is 13.6 Å².